The first-order chi connectivity index (χ1) is 9.79. The molecule has 2 aromatic carbocycles. The Balaban J connectivity index is 2.20. The van der Waals surface area contributed by atoms with Crippen molar-refractivity contribution in [1.82, 2.24) is 0 Å². The summed E-state index contributed by atoms with van der Waals surface area (Å²) in [6, 6.07) is 18.4. The minimum absolute atomic E-state index is 0.203. The van der Waals surface area contributed by atoms with Gasteiger partial charge in [-0.2, -0.15) is 0 Å². The lowest BCUT2D eigenvalue weighted by atomic mass is 10.0. The average Bonchev–Trinajstić information content (AvgIpc) is 2.87. The van der Waals surface area contributed by atoms with Crippen molar-refractivity contribution in [3.63, 3.8) is 0 Å². The molecule has 0 aliphatic carbocycles. The number of hydrogen-bond donors (Lipinski definition) is 0. The van der Waals surface area contributed by atoms with E-state index in [-0.39, 0.29) is 5.97 Å². The number of ether oxygens (including phenoxy) is 1. The Kier molecular flexibility index (Phi) is 3.52. The van der Waals surface area contributed by atoms with Crippen molar-refractivity contribution in [2.24, 2.45) is 0 Å². The zero-order chi connectivity index (χ0) is 13.9. The molecule has 2 nitrogen and oxygen atoms in total. The fraction of sp³-hybridized carbons (Fsp3) is 0.118. The van der Waals surface area contributed by atoms with E-state index in [0.717, 1.165) is 21.4 Å². The zero-order valence-corrected chi connectivity index (χ0v) is 11.9. The van der Waals surface area contributed by atoms with Crippen molar-refractivity contribution >= 4 is 27.4 Å². The summed E-state index contributed by atoms with van der Waals surface area (Å²) >= 11 is 1.72. The number of carbonyl (C=O) groups is 1. The van der Waals surface area contributed by atoms with Crippen LogP contribution < -0.4 is 0 Å². The summed E-state index contributed by atoms with van der Waals surface area (Å²) < 4.78 is 6.03. The van der Waals surface area contributed by atoms with Crippen LogP contribution in [0.5, 0.6) is 0 Å². The van der Waals surface area contributed by atoms with Crippen LogP contribution in [-0.4, -0.2) is 13.1 Å². The van der Waals surface area contributed by atoms with Gasteiger partial charge in [0.25, 0.3) is 0 Å². The van der Waals surface area contributed by atoms with Gasteiger partial charge in [0.2, 0.25) is 0 Å². The molecule has 100 valence electrons. The van der Waals surface area contributed by atoms with E-state index in [0.29, 0.717) is 6.42 Å². The molecule has 3 rings (SSSR count). The highest BCUT2D eigenvalue weighted by Gasteiger charge is 2.16. The van der Waals surface area contributed by atoms with Crippen molar-refractivity contribution in [2.45, 2.75) is 6.42 Å². The molecule has 0 N–H and O–H groups in total. The number of hydrogen-bond acceptors (Lipinski definition) is 3. The van der Waals surface area contributed by atoms with Gasteiger partial charge in [-0.05, 0) is 22.6 Å². The molecule has 0 amide bonds. The van der Waals surface area contributed by atoms with E-state index >= 15 is 0 Å². The molecule has 0 radical (unpaired) electrons. The standard InChI is InChI=1S/C17H14O2S/c1-19-16(18)11-14-13-9-5-6-10-15(13)20-17(14)12-7-3-2-4-8-12/h2-10H,11H2,1H3. The minimum atomic E-state index is -0.203. The van der Waals surface area contributed by atoms with Crippen LogP contribution in [0.25, 0.3) is 20.5 Å². The molecular formula is C17H14O2S. The fourth-order valence-corrected chi connectivity index (χ4v) is 3.54. The predicted molar refractivity (Wildman–Crippen MR) is 83.0 cm³/mol. The predicted octanol–water partition coefficient (Wildman–Crippen LogP) is 4.28. The topological polar surface area (TPSA) is 26.3 Å². The van der Waals surface area contributed by atoms with Gasteiger partial charge < -0.3 is 4.74 Å². The van der Waals surface area contributed by atoms with Crippen molar-refractivity contribution in [2.75, 3.05) is 7.11 Å². The Morgan fingerprint density at radius 3 is 2.50 bits per heavy atom. The van der Waals surface area contributed by atoms with Crippen LogP contribution in [0.15, 0.2) is 54.6 Å². The second kappa shape index (κ2) is 5.47. The summed E-state index contributed by atoms with van der Waals surface area (Å²) in [5.41, 5.74) is 2.20. The molecule has 3 heteroatoms. The molecule has 0 fully saturated rings. The Morgan fingerprint density at radius 2 is 1.75 bits per heavy atom. The van der Waals surface area contributed by atoms with E-state index in [1.165, 1.54) is 11.8 Å². The fourth-order valence-electron chi connectivity index (χ4n) is 2.31. The van der Waals surface area contributed by atoms with Gasteiger partial charge in [0.15, 0.2) is 0 Å². The van der Waals surface area contributed by atoms with E-state index in [4.69, 9.17) is 4.74 Å². The van der Waals surface area contributed by atoms with Crippen LogP contribution in [-0.2, 0) is 16.0 Å². The van der Waals surface area contributed by atoms with E-state index in [2.05, 4.69) is 24.3 Å². The maximum atomic E-state index is 11.7. The van der Waals surface area contributed by atoms with Crippen LogP contribution in [0, 0.1) is 0 Å². The molecular weight excluding hydrogens is 268 g/mol. The van der Waals surface area contributed by atoms with Crippen molar-refractivity contribution in [3.05, 3.63) is 60.2 Å². The molecule has 0 bridgehead atoms. The van der Waals surface area contributed by atoms with E-state index in [9.17, 15) is 4.79 Å². The second-order valence-electron chi connectivity index (χ2n) is 4.52. The molecule has 3 aromatic rings. The lowest BCUT2D eigenvalue weighted by Gasteiger charge is -2.04. The number of esters is 1. The van der Waals surface area contributed by atoms with Gasteiger partial charge in [0.05, 0.1) is 13.5 Å². The third kappa shape index (κ3) is 2.32. The van der Waals surface area contributed by atoms with E-state index in [1.807, 2.05) is 30.3 Å². The number of thiophene rings is 1. The number of rotatable bonds is 3. The average molecular weight is 282 g/mol. The van der Waals surface area contributed by atoms with Gasteiger partial charge >= 0.3 is 5.97 Å². The van der Waals surface area contributed by atoms with Gasteiger partial charge in [0.1, 0.15) is 0 Å². The van der Waals surface area contributed by atoms with Crippen molar-refractivity contribution in [1.29, 1.82) is 0 Å². The third-order valence-corrected chi connectivity index (χ3v) is 4.55. The van der Waals surface area contributed by atoms with Gasteiger partial charge in [-0.15, -0.1) is 11.3 Å². The monoisotopic (exact) mass is 282 g/mol. The summed E-state index contributed by atoms with van der Waals surface area (Å²) in [4.78, 5) is 12.8. The summed E-state index contributed by atoms with van der Waals surface area (Å²) in [5.74, 6) is -0.203. The third-order valence-electron chi connectivity index (χ3n) is 3.28. The van der Waals surface area contributed by atoms with Gasteiger partial charge in [-0.1, -0.05) is 48.5 Å². The maximum Gasteiger partial charge on any atom is 0.310 e. The molecule has 1 aromatic heterocycles. The van der Waals surface area contributed by atoms with Crippen molar-refractivity contribution < 1.29 is 9.53 Å². The molecule has 20 heavy (non-hydrogen) atoms. The largest absolute Gasteiger partial charge is 0.469 e. The lowest BCUT2D eigenvalue weighted by Crippen LogP contribution is -2.04. The highest BCUT2D eigenvalue weighted by Crippen LogP contribution is 2.38. The molecule has 0 atom stereocenters. The molecule has 0 saturated carbocycles. The smallest absolute Gasteiger partial charge is 0.310 e. The van der Waals surface area contributed by atoms with Crippen LogP contribution in [0.4, 0.5) is 0 Å². The van der Waals surface area contributed by atoms with Gasteiger partial charge in [-0.3, -0.25) is 4.79 Å². The zero-order valence-electron chi connectivity index (χ0n) is 11.1. The van der Waals surface area contributed by atoms with Gasteiger partial charge in [0, 0.05) is 9.58 Å². The van der Waals surface area contributed by atoms with Crippen LogP contribution in [0.1, 0.15) is 5.56 Å². The molecule has 1 heterocycles. The van der Waals surface area contributed by atoms with E-state index in [1.54, 1.807) is 11.3 Å². The number of methoxy groups -OCH3 is 1. The summed E-state index contributed by atoms with van der Waals surface area (Å²) in [5, 5.41) is 1.14. The molecule has 0 spiro atoms. The Hall–Kier alpha value is -2.13. The number of fused-ring (bicyclic) bond motifs is 1. The molecule has 0 unspecified atom stereocenters. The van der Waals surface area contributed by atoms with Gasteiger partial charge in [-0.25, -0.2) is 0 Å². The molecule has 0 saturated heterocycles. The highest BCUT2D eigenvalue weighted by atomic mass is 32.1. The van der Waals surface area contributed by atoms with Crippen LogP contribution >= 0.6 is 11.3 Å². The minimum Gasteiger partial charge on any atom is -0.469 e. The quantitative estimate of drug-likeness (QED) is 0.670. The summed E-state index contributed by atoms with van der Waals surface area (Å²) in [7, 11) is 1.43. The normalized spacial score (nSPS) is 10.7. The molecule has 0 aliphatic rings. The first-order valence-electron chi connectivity index (χ1n) is 6.42. The molecule has 0 aliphatic heterocycles. The first kappa shape index (κ1) is 12.9. The summed E-state index contributed by atoms with van der Waals surface area (Å²) in [6.07, 6.45) is 0.310. The maximum absolute atomic E-state index is 11.7. The van der Waals surface area contributed by atoms with Crippen LogP contribution in [0.2, 0.25) is 0 Å². The SMILES string of the molecule is COC(=O)Cc1c(-c2ccccc2)sc2ccccc12. The highest BCUT2D eigenvalue weighted by molar-refractivity contribution is 7.22. The van der Waals surface area contributed by atoms with Crippen LogP contribution in [0.3, 0.4) is 0 Å². The Morgan fingerprint density at radius 1 is 1.05 bits per heavy atom. The lowest BCUT2D eigenvalue weighted by molar-refractivity contribution is -0.139. The number of benzene rings is 2. The second-order valence-corrected chi connectivity index (χ2v) is 5.58. The van der Waals surface area contributed by atoms with E-state index < -0.39 is 0 Å². The Bertz CT molecular complexity index is 744. The number of carbonyl (C=O) groups excluding carboxylic acids is 1. The first-order valence-corrected chi connectivity index (χ1v) is 7.24. The summed E-state index contributed by atoms with van der Waals surface area (Å²) in [6.45, 7) is 0. The van der Waals surface area contributed by atoms with Crippen molar-refractivity contribution in [3.8, 4) is 10.4 Å². The Labute approximate surface area is 121 Å².